The lowest BCUT2D eigenvalue weighted by molar-refractivity contribution is 0.304. The van der Waals surface area contributed by atoms with E-state index in [1.54, 1.807) is 0 Å². The lowest BCUT2D eigenvalue weighted by atomic mass is 10.3. The van der Waals surface area contributed by atoms with Crippen molar-refractivity contribution < 1.29 is 0 Å². The fourth-order valence-corrected chi connectivity index (χ4v) is 2.62. The van der Waals surface area contributed by atoms with Crippen LogP contribution >= 0.6 is 11.5 Å². The van der Waals surface area contributed by atoms with Crippen molar-refractivity contribution in [1.82, 2.24) is 14.5 Å². The fourth-order valence-electron chi connectivity index (χ4n) is 1.98. The first-order valence-electron chi connectivity index (χ1n) is 5.94. The van der Waals surface area contributed by atoms with E-state index in [4.69, 9.17) is 0 Å². The Bertz CT molecular complexity index is 338. The molecule has 2 atom stereocenters. The van der Waals surface area contributed by atoms with Gasteiger partial charge >= 0.3 is 0 Å². The molecule has 2 rings (SSSR count). The zero-order chi connectivity index (χ0) is 11.5. The summed E-state index contributed by atoms with van der Waals surface area (Å²) in [7, 11) is 2.17. The third-order valence-electron chi connectivity index (χ3n) is 3.14. The second kappa shape index (κ2) is 5.10. The Morgan fingerprint density at radius 2 is 2.31 bits per heavy atom. The molecule has 5 heteroatoms. The molecule has 0 saturated heterocycles. The highest BCUT2D eigenvalue weighted by Crippen LogP contribution is 2.38. The predicted octanol–water partition coefficient (Wildman–Crippen LogP) is 2.06. The lowest BCUT2D eigenvalue weighted by Crippen LogP contribution is -2.21. The Balaban J connectivity index is 1.84. The van der Waals surface area contributed by atoms with Gasteiger partial charge in [0.1, 0.15) is 10.7 Å². The summed E-state index contributed by atoms with van der Waals surface area (Å²) < 4.78 is 4.01. The molecule has 1 aliphatic rings. The molecule has 0 bridgehead atoms. The van der Waals surface area contributed by atoms with Crippen molar-refractivity contribution >= 4 is 16.5 Å². The normalized spacial score (nSPS) is 23.8. The molecule has 0 amide bonds. The third kappa shape index (κ3) is 2.92. The van der Waals surface area contributed by atoms with E-state index in [9.17, 15) is 0 Å². The first kappa shape index (κ1) is 11.8. The van der Waals surface area contributed by atoms with Gasteiger partial charge in [-0.2, -0.15) is 0 Å². The summed E-state index contributed by atoms with van der Waals surface area (Å²) in [4.78, 5) is 2.35. The molecule has 90 valence electrons. The summed E-state index contributed by atoms with van der Waals surface area (Å²) in [5, 5.41) is 8.62. The van der Waals surface area contributed by atoms with Crippen LogP contribution in [0.4, 0.5) is 5.00 Å². The second-order valence-electron chi connectivity index (χ2n) is 4.75. The van der Waals surface area contributed by atoms with Crippen molar-refractivity contribution in [2.45, 2.75) is 26.8 Å². The number of anilines is 1. The molecule has 0 aliphatic heterocycles. The molecule has 4 nitrogen and oxygen atoms in total. The van der Waals surface area contributed by atoms with E-state index in [0.29, 0.717) is 0 Å². The van der Waals surface area contributed by atoms with Crippen LogP contribution in [0, 0.1) is 11.8 Å². The van der Waals surface area contributed by atoms with E-state index in [1.165, 1.54) is 24.5 Å². The Labute approximate surface area is 101 Å². The van der Waals surface area contributed by atoms with Gasteiger partial charge in [-0.25, -0.2) is 0 Å². The molecular weight excluding hydrogens is 220 g/mol. The summed E-state index contributed by atoms with van der Waals surface area (Å²) in [6.45, 7) is 7.44. The van der Waals surface area contributed by atoms with Gasteiger partial charge in [0, 0.05) is 31.2 Å². The van der Waals surface area contributed by atoms with Crippen LogP contribution in [-0.4, -0.2) is 34.6 Å². The van der Waals surface area contributed by atoms with Gasteiger partial charge in [0.2, 0.25) is 0 Å². The first-order valence-corrected chi connectivity index (χ1v) is 6.71. The molecule has 1 N–H and O–H groups in total. The van der Waals surface area contributed by atoms with Gasteiger partial charge in [-0.1, -0.05) is 11.4 Å². The molecule has 1 heterocycles. The van der Waals surface area contributed by atoms with Crippen molar-refractivity contribution in [3.8, 4) is 0 Å². The molecule has 1 aliphatic carbocycles. The van der Waals surface area contributed by atoms with Gasteiger partial charge in [0.05, 0.1) is 0 Å². The van der Waals surface area contributed by atoms with Crippen molar-refractivity contribution in [2.24, 2.45) is 11.8 Å². The highest BCUT2D eigenvalue weighted by Gasteiger charge is 2.33. The first-order chi connectivity index (χ1) is 7.70. The van der Waals surface area contributed by atoms with Crippen molar-refractivity contribution in [3.05, 3.63) is 5.69 Å². The SMILES string of the molecule is CCNc1snnc1CN(C)CC1CC1C. The van der Waals surface area contributed by atoms with Crippen LogP contribution in [0.15, 0.2) is 0 Å². The highest BCUT2D eigenvalue weighted by atomic mass is 32.1. The van der Waals surface area contributed by atoms with Gasteiger partial charge in [-0.05, 0) is 32.2 Å². The number of aromatic nitrogens is 2. The summed E-state index contributed by atoms with van der Waals surface area (Å²) >= 11 is 1.45. The Morgan fingerprint density at radius 1 is 1.56 bits per heavy atom. The van der Waals surface area contributed by atoms with Crippen molar-refractivity contribution in [2.75, 3.05) is 25.5 Å². The summed E-state index contributed by atoms with van der Waals surface area (Å²) in [6.07, 6.45) is 1.39. The Kier molecular flexibility index (Phi) is 3.76. The lowest BCUT2D eigenvalue weighted by Gasteiger charge is -2.15. The van der Waals surface area contributed by atoms with Crippen molar-refractivity contribution in [1.29, 1.82) is 0 Å². The zero-order valence-corrected chi connectivity index (χ0v) is 11.0. The molecule has 1 fully saturated rings. The molecule has 2 unspecified atom stereocenters. The van der Waals surface area contributed by atoms with E-state index >= 15 is 0 Å². The number of rotatable bonds is 6. The quantitative estimate of drug-likeness (QED) is 0.826. The van der Waals surface area contributed by atoms with Gasteiger partial charge in [-0.3, -0.25) is 0 Å². The maximum Gasteiger partial charge on any atom is 0.134 e. The highest BCUT2D eigenvalue weighted by molar-refractivity contribution is 7.10. The summed E-state index contributed by atoms with van der Waals surface area (Å²) in [5.41, 5.74) is 1.09. The maximum absolute atomic E-state index is 4.19. The monoisotopic (exact) mass is 240 g/mol. The van der Waals surface area contributed by atoms with Gasteiger partial charge in [-0.15, -0.1) is 5.10 Å². The van der Waals surface area contributed by atoms with E-state index in [1.807, 2.05) is 0 Å². The smallest absolute Gasteiger partial charge is 0.134 e. The van der Waals surface area contributed by atoms with Crippen molar-refractivity contribution in [3.63, 3.8) is 0 Å². The van der Waals surface area contributed by atoms with E-state index in [-0.39, 0.29) is 0 Å². The van der Waals surface area contributed by atoms with E-state index in [0.717, 1.165) is 35.6 Å². The molecule has 0 radical (unpaired) electrons. The molecule has 1 aromatic rings. The largest absolute Gasteiger partial charge is 0.374 e. The van der Waals surface area contributed by atoms with Crippen LogP contribution in [0.3, 0.4) is 0 Å². The van der Waals surface area contributed by atoms with Gasteiger partial charge < -0.3 is 10.2 Å². The summed E-state index contributed by atoms with van der Waals surface area (Å²) in [6, 6.07) is 0. The molecule has 0 aromatic carbocycles. The average Bonchev–Trinajstić information content (AvgIpc) is 2.74. The minimum Gasteiger partial charge on any atom is -0.374 e. The van der Waals surface area contributed by atoms with Crippen LogP contribution in [-0.2, 0) is 6.54 Å². The Hall–Kier alpha value is -0.680. The Morgan fingerprint density at radius 3 is 2.94 bits per heavy atom. The zero-order valence-electron chi connectivity index (χ0n) is 10.2. The minimum atomic E-state index is 0.902. The standard InChI is InChI=1S/C11H20N4S/c1-4-12-11-10(13-14-16-11)7-15(3)6-9-5-8(9)2/h8-9,12H,4-7H2,1-3H3. The van der Waals surface area contributed by atoms with E-state index < -0.39 is 0 Å². The van der Waals surface area contributed by atoms with Crippen LogP contribution in [0.25, 0.3) is 0 Å². The average molecular weight is 240 g/mol. The van der Waals surface area contributed by atoms with Crippen LogP contribution in [0.5, 0.6) is 0 Å². The second-order valence-corrected chi connectivity index (χ2v) is 5.50. The minimum absolute atomic E-state index is 0.902. The molecular formula is C11H20N4S. The molecule has 1 saturated carbocycles. The number of nitrogens with zero attached hydrogens (tertiary/aromatic N) is 3. The van der Waals surface area contributed by atoms with E-state index in [2.05, 4.69) is 40.7 Å². The molecule has 1 aromatic heterocycles. The molecule has 0 spiro atoms. The van der Waals surface area contributed by atoms with Crippen LogP contribution < -0.4 is 5.32 Å². The fraction of sp³-hybridized carbons (Fsp3) is 0.818. The summed E-state index contributed by atoms with van der Waals surface area (Å²) in [5.74, 6) is 1.82. The topological polar surface area (TPSA) is 41.1 Å². The van der Waals surface area contributed by atoms with Gasteiger partial charge in [0.15, 0.2) is 0 Å². The predicted molar refractivity (Wildman–Crippen MR) is 67.7 cm³/mol. The third-order valence-corrected chi connectivity index (χ3v) is 3.86. The maximum atomic E-state index is 4.19. The van der Waals surface area contributed by atoms with Gasteiger partial charge in [0.25, 0.3) is 0 Å². The number of hydrogen-bond acceptors (Lipinski definition) is 5. The van der Waals surface area contributed by atoms with Crippen LogP contribution in [0.1, 0.15) is 26.0 Å². The number of nitrogens with one attached hydrogen (secondary N) is 1. The number of hydrogen-bond donors (Lipinski definition) is 1. The molecule has 16 heavy (non-hydrogen) atoms. The van der Waals surface area contributed by atoms with Crippen LogP contribution in [0.2, 0.25) is 0 Å².